The molecule has 8 nitrogen and oxygen atoms in total. The van der Waals surface area contributed by atoms with Crippen LogP contribution in [0.1, 0.15) is 25.8 Å². The molecule has 10 heteroatoms. The number of methoxy groups -OCH3 is 1. The zero-order valence-corrected chi connectivity index (χ0v) is 22.7. The Balaban J connectivity index is 1.41. The fraction of sp³-hybridized carbons (Fsp3) is 0.370. The van der Waals surface area contributed by atoms with Gasteiger partial charge in [0, 0.05) is 31.9 Å². The van der Waals surface area contributed by atoms with E-state index in [9.17, 15) is 14.4 Å². The van der Waals surface area contributed by atoms with Crippen molar-refractivity contribution >= 4 is 52.2 Å². The number of benzene rings is 2. The van der Waals surface area contributed by atoms with Crippen LogP contribution >= 0.6 is 23.4 Å². The summed E-state index contributed by atoms with van der Waals surface area (Å²) in [5, 5.41) is -0.128. The van der Waals surface area contributed by atoms with Gasteiger partial charge in [-0.15, -0.1) is 0 Å². The predicted octanol–water partition coefficient (Wildman–Crippen LogP) is 4.91. The topological polar surface area (TPSA) is 79.4 Å². The number of hydrogen-bond acceptors (Lipinski definition) is 7. The SMILES string of the molecule is CC[C@@H](C)Oc1c(Cl)cc(/C=C2/SC(=O)N(CC(=O)N3CCN(c4ccccc4)CC3)C2=O)cc1OC. The van der Waals surface area contributed by atoms with Crippen LogP contribution in [0.3, 0.4) is 0 Å². The van der Waals surface area contributed by atoms with E-state index in [-0.39, 0.29) is 23.5 Å². The summed E-state index contributed by atoms with van der Waals surface area (Å²) in [6.07, 6.45) is 2.33. The molecule has 2 aromatic carbocycles. The first-order valence-corrected chi connectivity index (χ1v) is 13.4. The number of amides is 3. The minimum Gasteiger partial charge on any atom is -0.493 e. The Hall–Kier alpha value is -3.17. The number of nitrogens with zero attached hydrogens (tertiary/aromatic N) is 3. The molecule has 3 amide bonds. The molecule has 2 saturated heterocycles. The van der Waals surface area contributed by atoms with Crippen LogP contribution in [0.4, 0.5) is 10.5 Å². The molecule has 0 unspecified atom stereocenters. The number of ether oxygens (including phenoxy) is 2. The second-order valence-corrected chi connectivity index (χ2v) is 10.2. The van der Waals surface area contributed by atoms with Crippen molar-refractivity contribution in [3.8, 4) is 11.5 Å². The number of anilines is 1. The van der Waals surface area contributed by atoms with E-state index in [1.807, 2.05) is 44.2 Å². The molecule has 0 N–H and O–H groups in total. The van der Waals surface area contributed by atoms with Gasteiger partial charge in [-0.3, -0.25) is 19.3 Å². The molecule has 2 fully saturated rings. The minimum absolute atomic E-state index is 0.0485. The van der Waals surface area contributed by atoms with Crippen LogP contribution in [-0.4, -0.2) is 72.8 Å². The summed E-state index contributed by atoms with van der Waals surface area (Å²) >= 11 is 7.25. The zero-order valence-electron chi connectivity index (χ0n) is 21.1. The number of piperazine rings is 1. The number of hydrogen-bond donors (Lipinski definition) is 0. The van der Waals surface area contributed by atoms with Crippen LogP contribution < -0.4 is 14.4 Å². The van der Waals surface area contributed by atoms with Crippen LogP contribution in [0, 0.1) is 0 Å². The monoisotopic (exact) mass is 543 g/mol. The lowest BCUT2D eigenvalue weighted by Crippen LogP contribution is -2.51. The average molecular weight is 544 g/mol. The summed E-state index contributed by atoms with van der Waals surface area (Å²) in [6.45, 7) is 6.11. The Morgan fingerprint density at radius 1 is 1.14 bits per heavy atom. The lowest BCUT2D eigenvalue weighted by atomic mass is 10.1. The van der Waals surface area contributed by atoms with E-state index in [1.165, 1.54) is 7.11 Å². The van der Waals surface area contributed by atoms with Crippen molar-refractivity contribution in [1.29, 1.82) is 0 Å². The second-order valence-electron chi connectivity index (χ2n) is 8.84. The Labute approximate surface area is 226 Å². The first-order chi connectivity index (χ1) is 17.8. The molecule has 4 rings (SSSR count). The summed E-state index contributed by atoms with van der Waals surface area (Å²) in [5.74, 6) is 0.124. The summed E-state index contributed by atoms with van der Waals surface area (Å²) in [6, 6.07) is 13.4. The van der Waals surface area contributed by atoms with Crippen LogP contribution in [0.5, 0.6) is 11.5 Å². The Morgan fingerprint density at radius 2 is 1.84 bits per heavy atom. The maximum absolute atomic E-state index is 13.0. The molecule has 0 aliphatic carbocycles. The molecule has 2 aliphatic heterocycles. The molecule has 2 aromatic rings. The molecular weight excluding hydrogens is 514 g/mol. The van der Waals surface area contributed by atoms with E-state index in [0.29, 0.717) is 48.3 Å². The van der Waals surface area contributed by atoms with Crippen molar-refractivity contribution in [2.75, 3.05) is 44.7 Å². The molecule has 0 aromatic heterocycles. The van der Waals surface area contributed by atoms with Gasteiger partial charge in [0.1, 0.15) is 6.54 Å². The van der Waals surface area contributed by atoms with Gasteiger partial charge < -0.3 is 19.3 Å². The van der Waals surface area contributed by atoms with Gasteiger partial charge in [0.25, 0.3) is 11.1 Å². The third kappa shape index (κ3) is 6.22. The van der Waals surface area contributed by atoms with E-state index >= 15 is 0 Å². The van der Waals surface area contributed by atoms with Gasteiger partial charge in [-0.25, -0.2) is 0 Å². The summed E-state index contributed by atoms with van der Waals surface area (Å²) in [4.78, 5) is 43.7. The highest BCUT2D eigenvalue weighted by Gasteiger charge is 2.37. The highest BCUT2D eigenvalue weighted by Crippen LogP contribution is 2.39. The maximum Gasteiger partial charge on any atom is 0.294 e. The van der Waals surface area contributed by atoms with Gasteiger partial charge in [-0.1, -0.05) is 36.7 Å². The molecule has 37 heavy (non-hydrogen) atoms. The van der Waals surface area contributed by atoms with Crippen LogP contribution in [-0.2, 0) is 9.59 Å². The van der Waals surface area contributed by atoms with Crippen molar-refractivity contribution in [1.82, 2.24) is 9.80 Å². The van der Waals surface area contributed by atoms with Gasteiger partial charge in [0.05, 0.1) is 23.1 Å². The lowest BCUT2D eigenvalue weighted by molar-refractivity contribution is -0.136. The smallest absolute Gasteiger partial charge is 0.294 e. The first-order valence-electron chi connectivity index (χ1n) is 12.2. The van der Waals surface area contributed by atoms with E-state index in [4.69, 9.17) is 21.1 Å². The first kappa shape index (κ1) is 26.9. The van der Waals surface area contributed by atoms with Gasteiger partial charge in [-0.05, 0) is 61.0 Å². The molecule has 2 heterocycles. The van der Waals surface area contributed by atoms with Crippen molar-refractivity contribution in [2.24, 2.45) is 0 Å². The normalized spacial score (nSPS) is 17.9. The molecule has 2 aliphatic rings. The van der Waals surface area contributed by atoms with Crippen LogP contribution in [0.25, 0.3) is 6.08 Å². The number of halogens is 1. The quantitative estimate of drug-likeness (QED) is 0.438. The molecule has 0 radical (unpaired) electrons. The zero-order chi connectivity index (χ0) is 26.5. The predicted molar refractivity (Wildman–Crippen MR) is 146 cm³/mol. The minimum atomic E-state index is -0.499. The highest BCUT2D eigenvalue weighted by molar-refractivity contribution is 8.18. The van der Waals surface area contributed by atoms with Gasteiger partial charge >= 0.3 is 0 Å². The molecule has 0 saturated carbocycles. The van der Waals surface area contributed by atoms with E-state index in [1.54, 1.807) is 23.1 Å². The molecule has 196 valence electrons. The number of imide groups is 1. The number of rotatable bonds is 8. The van der Waals surface area contributed by atoms with E-state index < -0.39 is 11.1 Å². The van der Waals surface area contributed by atoms with Crippen LogP contribution in [0.2, 0.25) is 5.02 Å². The second kappa shape index (κ2) is 11.9. The average Bonchev–Trinajstić information content (AvgIpc) is 3.17. The third-order valence-electron chi connectivity index (χ3n) is 6.36. The summed E-state index contributed by atoms with van der Waals surface area (Å²) < 4.78 is 11.3. The van der Waals surface area contributed by atoms with Gasteiger partial charge in [-0.2, -0.15) is 0 Å². The van der Waals surface area contributed by atoms with Gasteiger partial charge in [0.2, 0.25) is 5.91 Å². The summed E-state index contributed by atoms with van der Waals surface area (Å²) in [5.41, 5.74) is 1.70. The van der Waals surface area contributed by atoms with Crippen molar-refractivity contribution in [3.63, 3.8) is 0 Å². The fourth-order valence-electron chi connectivity index (χ4n) is 4.10. The van der Waals surface area contributed by atoms with E-state index in [0.717, 1.165) is 28.8 Å². The Bertz CT molecular complexity index is 1200. The van der Waals surface area contributed by atoms with Crippen molar-refractivity contribution < 1.29 is 23.9 Å². The van der Waals surface area contributed by atoms with Gasteiger partial charge in [0.15, 0.2) is 11.5 Å². The number of thioether (sulfide) groups is 1. The van der Waals surface area contributed by atoms with Crippen molar-refractivity contribution in [3.05, 3.63) is 58.0 Å². The molecule has 0 bridgehead atoms. The number of para-hydroxylation sites is 1. The largest absolute Gasteiger partial charge is 0.493 e. The summed E-state index contributed by atoms with van der Waals surface area (Å²) in [7, 11) is 1.51. The number of carbonyl (C=O) groups is 3. The molecular formula is C27H30ClN3O5S. The highest BCUT2D eigenvalue weighted by atomic mass is 35.5. The third-order valence-corrected chi connectivity index (χ3v) is 7.55. The molecule has 0 spiro atoms. The maximum atomic E-state index is 13.0. The number of carbonyl (C=O) groups excluding carboxylic acids is 3. The Kier molecular flexibility index (Phi) is 8.66. The molecule has 1 atom stereocenters. The lowest BCUT2D eigenvalue weighted by Gasteiger charge is -2.36. The fourth-order valence-corrected chi connectivity index (χ4v) is 5.20. The van der Waals surface area contributed by atoms with Crippen LogP contribution in [0.15, 0.2) is 47.4 Å². The standard InChI is InChI=1S/C27H30ClN3O5S/c1-4-18(2)36-25-21(28)14-19(15-22(25)35-3)16-23-26(33)31(27(34)37-23)17-24(32)30-12-10-29(11-13-30)20-8-6-5-7-9-20/h5-9,14-16,18H,4,10-13,17H2,1-3H3/b23-16+/t18-/m1/s1. The Morgan fingerprint density at radius 3 is 2.49 bits per heavy atom. The van der Waals surface area contributed by atoms with E-state index in [2.05, 4.69) is 4.90 Å². The van der Waals surface area contributed by atoms with Crippen molar-refractivity contribution in [2.45, 2.75) is 26.4 Å².